The highest BCUT2D eigenvalue weighted by Crippen LogP contribution is 2.32. The molecule has 11 heavy (non-hydrogen) atoms. The van der Waals surface area contributed by atoms with Crippen LogP contribution in [0, 0.1) is 11.3 Å². The maximum Gasteiger partial charge on any atom is 0.00678 e. The zero-order valence-corrected chi connectivity index (χ0v) is 8.28. The van der Waals surface area contributed by atoms with E-state index in [2.05, 4.69) is 33.0 Å². The monoisotopic (exact) mass is 155 g/mol. The fourth-order valence-corrected chi connectivity index (χ4v) is 1.79. The minimum Gasteiger partial charge on any atom is -0.314 e. The lowest BCUT2D eigenvalue weighted by atomic mass is 9.79. The van der Waals surface area contributed by atoms with E-state index >= 15 is 0 Å². The minimum absolute atomic E-state index is 0.497. The quantitative estimate of drug-likeness (QED) is 0.613. The van der Waals surface area contributed by atoms with Crippen molar-refractivity contribution in [3.8, 4) is 0 Å². The molecule has 0 bridgehead atoms. The Labute approximate surface area is 70.6 Å². The highest BCUT2D eigenvalue weighted by molar-refractivity contribution is 4.86. The Kier molecular flexibility index (Phi) is 2.58. The van der Waals surface area contributed by atoms with Gasteiger partial charge in [-0.05, 0) is 30.7 Å². The van der Waals surface area contributed by atoms with Crippen LogP contribution in [0.1, 0.15) is 40.5 Å². The van der Waals surface area contributed by atoms with Gasteiger partial charge in [-0.25, -0.2) is 0 Å². The van der Waals surface area contributed by atoms with E-state index in [-0.39, 0.29) is 0 Å². The van der Waals surface area contributed by atoms with Gasteiger partial charge >= 0.3 is 0 Å². The van der Waals surface area contributed by atoms with Crippen molar-refractivity contribution in [2.45, 2.75) is 46.6 Å². The summed E-state index contributed by atoms with van der Waals surface area (Å²) in [6.07, 6.45) is 2.66. The van der Waals surface area contributed by atoms with Crippen LogP contribution in [0.4, 0.5) is 0 Å². The second-order valence-electron chi connectivity index (χ2n) is 4.81. The molecule has 2 atom stereocenters. The third-order valence-electron chi connectivity index (χ3n) is 2.94. The van der Waals surface area contributed by atoms with Crippen LogP contribution in [0.3, 0.4) is 0 Å². The molecule has 1 fully saturated rings. The van der Waals surface area contributed by atoms with Crippen LogP contribution in [0.15, 0.2) is 0 Å². The molecular formula is C10H21N. The number of hydrogen-bond acceptors (Lipinski definition) is 1. The second-order valence-corrected chi connectivity index (χ2v) is 4.81. The van der Waals surface area contributed by atoms with Crippen molar-refractivity contribution in [3.63, 3.8) is 0 Å². The highest BCUT2D eigenvalue weighted by atomic mass is 14.9. The van der Waals surface area contributed by atoms with Gasteiger partial charge in [0.15, 0.2) is 0 Å². The van der Waals surface area contributed by atoms with Gasteiger partial charge < -0.3 is 5.32 Å². The molecule has 0 amide bonds. The topological polar surface area (TPSA) is 12.0 Å². The molecule has 0 aromatic carbocycles. The molecule has 1 nitrogen and oxygen atoms in total. The first kappa shape index (κ1) is 9.05. The van der Waals surface area contributed by atoms with Crippen molar-refractivity contribution in [3.05, 3.63) is 0 Å². The number of rotatable bonds is 1. The van der Waals surface area contributed by atoms with Gasteiger partial charge in [-0.3, -0.25) is 0 Å². The lowest BCUT2D eigenvalue weighted by Gasteiger charge is -2.25. The Morgan fingerprint density at radius 3 is 2.27 bits per heavy atom. The Bertz CT molecular complexity index is 123. The second kappa shape index (κ2) is 3.14. The molecule has 0 saturated carbocycles. The van der Waals surface area contributed by atoms with Crippen LogP contribution < -0.4 is 5.32 Å². The van der Waals surface area contributed by atoms with Crippen molar-refractivity contribution in [2.24, 2.45) is 11.3 Å². The first-order valence-corrected chi connectivity index (χ1v) is 4.77. The van der Waals surface area contributed by atoms with Crippen LogP contribution in [-0.2, 0) is 0 Å². The predicted octanol–water partition coefficient (Wildman–Crippen LogP) is 2.42. The summed E-state index contributed by atoms with van der Waals surface area (Å²) >= 11 is 0. The normalized spacial score (nSPS) is 32.7. The van der Waals surface area contributed by atoms with Crippen LogP contribution >= 0.6 is 0 Å². The molecule has 0 aromatic heterocycles. The van der Waals surface area contributed by atoms with E-state index in [1.54, 1.807) is 0 Å². The molecule has 1 aliphatic rings. The molecular weight excluding hydrogens is 134 g/mol. The zero-order chi connectivity index (χ0) is 8.48. The zero-order valence-electron chi connectivity index (χ0n) is 8.28. The molecule has 1 saturated heterocycles. The molecule has 0 spiro atoms. The summed E-state index contributed by atoms with van der Waals surface area (Å²) in [4.78, 5) is 0. The minimum atomic E-state index is 0.497. The third kappa shape index (κ3) is 2.19. The maximum atomic E-state index is 3.56. The van der Waals surface area contributed by atoms with Crippen LogP contribution in [0.25, 0.3) is 0 Å². The molecule has 0 aliphatic carbocycles. The standard InChI is InChI=1S/C10H21N/c1-5-9-6-8(7-11-9)10(2,3)4/h8-9,11H,5-7H2,1-4H3. The predicted molar refractivity (Wildman–Crippen MR) is 49.6 cm³/mol. The summed E-state index contributed by atoms with van der Waals surface area (Å²) in [6.45, 7) is 10.5. The first-order chi connectivity index (χ1) is 5.04. The van der Waals surface area contributed by atoms with Crippen molar-refractivity contribution < 1.29 is 0 Å². The van der Waals surface area contributed by atoms with Gasteiger partial charge in [-0.15, -0.1) is 0 Å². The lowest BCUT2D eigenvalue weighted by Crippen LogP contribution is -2.23. The summed E-state index contributed by atoms with van der Waals surface area (Å²) in [5.74, 6) is 0.882. The van der Waals surface area contributed by atoms with E-state index in [1.807, 2.05) is 0 Å². The molecule has 1 heteroatoms. The van der Waals surface area contributed by atoms with Gasteiger partial charge in [-0.1, -0.05) is 27.7 Å². The van der Waals surface area contributed by atoms with Crippen LogP contribution in [0.2, 0.25) is 0 Å². The summed E-state index contributed by atoms with van der Waals surface area (Å²) in [5.41, 5.74) is 0.497. The molecule has 1 heterocycles. The molecule has 66 valence electrons. The number of hydrogen-bond donors (Lipinski definition) is 1. The van der Waals surface area contributed by atoms with E-state index in [0.29, 0.717) is 5.41 Å². The van der Waals surface area contributed by atoms with E-state index in [9.17, 15) is 0 Å². The summed E-state index contributed by atoms with van der Waals surface area (Å²) in [7, 11) is 0. The van der Waals surface area contributed by atoms with E-state index < -0.39 is 0 Å². The smallest absolute Gasteiger partial charge is 0.00678 e. The average molecular weight is 155 g/mol. The maximum absolute atomic E-state index is 3.56. The highest BCUT2D eigenvalue weighted by Gasteiger charge is 2.31. The van der Waals surface area contributed by atoms with Crippen molar-refractivity contribution in [2.75, 3.05) is 6.54 Å². The molecule has 1 N–H and O–H groups in total. The third-order valence-corrected chi connectivity index (χ3v) is 2.94. The first-order valence-electron chi connectivity index (χ1n) is 4.77. The number of nitrogens with one attached hydrogen (secondary N) is 1. The summed E-state index contributed by atoms with van der Waals surface area (Å²) < 4.78 is 0. The fourth-order valence-electron chi connectivity index (χ4n) is 1.79. The Morgan fingerprint density at radius 2 is 2.00 bits per heavy atom. The van der Waals surface area contributed by atoms with Gasteiger partial charge in [0.1, 0.15) is 0 Å². The Hall–Kier alpha value is -0.0400. The van der Waals surface area contributed by atoms with Crippen LogP contribution in [-0.4, -0.2) is 12.6 Å². The average Bonchev–Trinajstić information content (AvgIpc) is 2.32. The Balaban J connectivity index is 2.42. The van der Waals surface area contributed by atoms with E-state index in [4.69, 9.17) is 0 Å². The van der Waals surface area contributed by atoms with E-state index in [1.165, 1.54) is 19.4 Å². The molecule has 0 radical (unpaired) electrons. The fraction of sp³-hybridized carbons (Fsp3) is 1.00. The molecule has 0 aromatic rings. The van der Waals surface area contributed by atoms with Crippen LogP contribution in [0.5, 0.6) is 0 Å². The van der Waals surface area contributed by atoms with Gasteiger partial charge in [0.2, 0.25) is 0 Å². The van der Waals surface area contributed by atoms with Gasteiger partial charge in [0.25, 0.3) is 0 Å². The Morgan fingerprint density at radius 1 is 1.36 bits per heavy atom. The van der Waals surface area contributed by atoms with Crippen molar-refractivity contribution in [1.29, 1.82) is 0 Å². The van der Waals surface area contributed by atoms with Crippen molar-refractivity contribution in [1.82, 2.24) is 5.32 Å². The molecule has 1 aliphatic heterocycles. The SMILES string of the molecule is CCC1CC(C(C)(C)C)CN1. The van der Waals surface area contributed by atoms with Gasteiger partial charge in [0.05, 0.1) is 0 Å². The lowest BCUT2D eigenvalue weighted by molar-refractivity contribution is 0.257. The summed E-state index contributed by atoms with van der Waals surface area (Å²) in [6, 6.07) is 0.791. The van der Waals surface area contributed by atoms with Gasteiger partial charge in [0, 0.05) is 6.04 Å². The van der Waals surface area contributed by atoms with E-state index in [0.717, 1.165) is 12.0 Å². The van der Waals surface area contributed by atoms with Crippen molar-refractivity contribution >= 4 is 0 Å². The molecule has 1 rings (SSSR count). The summed E-state index contributed by atoms with van der Waals surface area (Å²) in [5, 5.41) is 3.56. The molecule has 2 unspecified atom stereocenters. The van der Waals surface area contributed by atoms with Gasteiger partial charge in [-0.2, -0.15) is 0 Å². The largest absolute Gasteiger partial charge is 0.314 e.